The molecule has 0 unspecified atom stereocenters. The number of imidazole rings is 2. The van der Waals surface area contributed by atoms with Crippen LogP contribution in [0.3, 0.4) is 0 Å². The molecule has 1 N–H and O–H groups in total. The second kappa shape index (κ2) is 8.32. The summed E-state index contributed by atoms with van der Waals surface area (Å²) >= 11 is 0. The standard InChI is InChI=1S/C7H9N3O4.C5H5N3O4/c1-3-14-6(11)5-4-8-7(9(5)2)10(12)13;1-7-3(4(9)10)2-6-5(7)8(11)12/h4H,3H2,1-2H3;2H,1H3,(H,9,10). The summed E-state index contributed by atoms with van der Waals surface area (Å²) in [6, 6.07) is 0. The van der Waals surface area contributed by atoms with Crippen molar-refractivity contribution in [2.75, 3.05) is 6.61 Å². The molecule has 14 heteroatoms. The van der Waals surface area contributed by atoms with Gasteiger partial charge in [0, 0.05) is 0 Å². The van der Waals surface area contributed by atoms with Crippen LogP contribution in [0.1, 0.15) is 27.9 Å². The highest BCUT2D eigenvalue weighted by Crippen LogP contribution is 2.11. The van der Waals surface area contributed by atoms with Gasteiger partial charge in [0.1, 0.15) is 0 Å². The molecule has 0 saturated heterocycles. The monoisotopic (exact) mass is 370 g/mol. The molecule has 140 valence electrons. The number of aromatic nitrogens is 4. The van der Waals surface area contributed by atoms with Gasteiger partial charge in [-0.1, -0.05) is 9.97 Å². The number of aromatic carboxylic acids is 1. The highest BCUT2D eigenvalue weighted by Gasteiger charge is 2.23. The van der Waals surface area contributed by atoms with Crippen LogP contribution in [0.4, 0.5) is 11.9 Å². The Kier molecular flexibility index (Phi) is 6.46. The lowest BCUT2D eigenvalue weighted by Crippen LogP contribution is -2.10. The molecule has 0 atom stereocenters. The molecular formula is C12H14N6O8. The van der Waals surface area contributed by atoms with E-state index in [9.17, 15) is 29.8 Å². The van der Waals surface area contributed by atoms with Gasteiger partial charge in [-0.25, -0.2) is 18.7 Å². The van der Waals surface area contributed by atoms with E-state index in [0.717, 1.165) is 21.5 Å². The van der Waals surface area contributed by atoms with Crippen LogP contribution in [0.25, 0.3) is 0 Å². The fraction of sp³-hybridized carbons (Fsp3) is 0.333. The van der Waals surface area contributed by atoms with Crippen molar-refractivity contribution in [1.82, 2.24) is 19.1 Å². The Hall–Kier alpha value is -3.84. The smallest absolute Gasteiger partial charge is 0.435 e. The summed E-state index contributed by atoms with van der Waals surface area (Å²) in [5.74, 6) is -2.71. The Bertz CT molecular complexity index is 823. The van der Waals surface area contributed by atoms with E-state index in [4.69, 9.17) is 5.11 Å². The van der Waals surface area contributed by atoms with Crippen molar-refractivity contribution in [3.05, 3.63) is 44.0 Å². The number of hydrogen-bond donors (Lipinski definition) is 1. The largest absolute Gasteiger partial charge is 0.475 e. The Labute approximate surface area is 144 Å². The molecule has 2 rings (SSSR count). The first kappa shape index (κ1) is 20.2. The summed E-state index contributed by atoms with van der Waals surface area (Å²) in [7, 11) is 2.66. The zero-order valence-electron chi connectivity index (χ0n) is 13.9. The maximum atomic E-state index is 11.2. The number of carboxylic acids is 1. The van der Waals surface area contributed by atoms with Crippen LogP contribution in [0.15, 0.2) is 12.4 Å². The van der Waals surface area contributed by atoms with Crippen LogP contribution in [-0.2, 0) is 18.8 Å². The fourth-order valence-corrected chi connectivity index (χ4v) is 1.73. The quantitative estimate of drug-likeness (QED) is 0.442. The van der Waals surface area contributed by atoms with Crippen molar-refractivity contribution in [2.45, 2.75) is 6.92 Å². The Morgan fingerprint density at radius 3 is 1.81 bits per heavy atom. The predicted octanol–water partition coefficient (Wildman–Crippen LogP) is 0.531. The molecular weight excluding hydrogens is 356 g/mol. The molecule has 26 heavy (non-hydrogen) atoms. The average Bonchev–Trinajstić information content (AvgIpc) is 3.11. The van der Waals surface area contributed by atoms with Gasteiger partial charge < -0.3 is 30.1 Å². The molecule has 0 fully saturated rings. The lowest BCUT2D eigenvalue weighted by atomic mass is 10.5. The SMILES string of the molecule is CCOC(=O)c1cnc([N+](=O)[O-])n1C.Cn1c(C(=O)O)cnc1[N+](=O)[O-]. The molecule has 2 heterocycles. The van der Waals surface area contributed by atoms with Gasteiger partial charge in [-0.05, 0) is 16.8 Å². The van der Waals surface area contributed by atoms with E-state index in [1.54, 1.807) is 6.92 Å². The van der Waals surface area contributed by atoms with Crippen LogP contribution < -0.4 is 0 Å². The summed E-state index contributed by atoms with van der Waals surface area (Å²) in [4.78, 5) is 47.5. The van der Waals surface area contributed by atoms with Crippen molar-refractivity contribution >= 4 is 23.8 Å². The van der Waals surface area contributed by atoms with E-state index in [1.807, 2.05) is 0 Å². The molecule has 0 aliphatic heterocycles. The van der Waals surface area contributed by atoms with Crippen LogP contribution in [0.5, 0.6) is 0 Å². The zero-order valence-corrected chi connectivity index (χ0v) is 13.9. The molecule has 14 nitrogen and oxygen atoms in total. The van der Waals surface area contributed by atoms with Gasteiger partial charge in [-0.15, -0.1) is 0 Å². The lowest BCUT2D eigenvalue weighted by Gasteiger charge is -1.99. The van der Waals surface area contributed by atoms with Crippen molar-refractivity contribution in [3.8, 4) is 0 Å². The van der Waals surface area contributed by atoms with Crippen molar-refractivity contribution in [1.29, 1.82) is 0 Å². The van der Waals surface area contributed by atoms with Crippen LogP contribution in [0.2, 0.25) is 0 Å². The predicted molar refractivity (Wildman–Crippen MR) is 82.6 cm³/mol. The normalized spacial score (nSPS) is 9.81. The summed E-state index contributed by atoms with van der Waals surface area (Å²) in [5, 5.41) is 29.0. The second-order valence-electron chi connectivity index (χ2n) is 4.54. The molecule has 0 spiro atoms. The minimum absolute atomic E-state index is 0.0681. The molecule has 0 saturated carbocycles. The van der Waals surface area contributed by atoms with Gasteiger partial charge in [0.15, 0.2) is 12.4 Å². The molecule has 0 aromatic carbocycles. The summed E-state index contributed by atoms with van der Waals surface area (Å²) in [6.07, 6.45) is 2.07. The third kappa shape index (κ3) is 4.37. The minimum Gasteiger partial charge on any atom is -0.475 e. The second-order valence-corrected chi connectivity index (χ2v) is 4.54. The van der Waals surface area contributed by atoms with Crippen LogP contribution in [0, 0.1) is 20.2 Å². The maximum absolute atomic E-state index is 11.2. The van der Waals surface area contributed by atoms with Crippen molar-refractivity contribution < 1.29 is 29.3 Å². The number of carbonyl (C=O) groups is 2. The number of nitro groups is 2. The average molecular weight is 370 g/mol. The molecule has 0 aliphatic rings. The Morgan fingerprint density at radius 2 is 1.50 bits per heavy atom. The topological polar surface area (TPSA) is 186 Å². The van der Waals surface area contributed by atoms with Crippen LogP contribution in [-0.4, -0.2) is 52.6 Å². The van der Waals surface area contributed by atoms with Gasteiger partial charge >= 0.3 is 23.8 Å². The van der Waals surface area contributed by atoms with Gasteiger partial charge in [-0.2, -0.15) is 0 Å². The van der Waals surface area contributed by atoms with Crippen molar-refractivity contribution in [2.24, 2.45) is 14.1 Å². The molecule has 2 aromatic rings. The Morgan fingerprint density at radius 1 is 1.08 bits per heavy atom. The van der Waals surface area contributed by atoms with E-state index in [0.29, 0.717) is 0 Å². The summed E-state index contributed by atoms with van der Waals surface area (Å²) in [5.41, 5.74) is -0.139. The van der Waals surface area contributed by atoms with Crippen LogP contribution >= 0.6 is 0 Å². The van der Waals surface area contributed by atoms with E-state index >= 15 is 0 Å². The maximum Gasteiger partial charge on any atom is 0.435 e. The Balaban J connectivity index is 0.000000263. The highest BCUT2D eigenvalue weighted by molar-refractivity contribution is 5.87. The van der Waals surface area contributed by atoms with E-state index in [1.165, 1.54) is 14.1 Å². The molecule has 0 radical (unpaired) electrons. The lowest BCUT2D eigenvalue weighted by molar-refractivity contribution is -0.396. The van der Waals surface area contributed by atoms with Gasteiger partial charge in [0.25, 0.3) is 0 Å². The molecule has 0 aliphatic carbocycles. The number of rotatable bonds is 5. The third-order valence-electron chi connectivity index (χ3n) is 2.96. The van der Waals surface area contributed by atoms with Gasteiger partial charge in [-0.3, -0.25) is 0 Å². The minimum atomic E-state index is -1.24. The summed E-state index contributed by atoms with van der Waals surface area (Å²) in [6.45, 7) is 1.88. The number of hydrogen-bond acceptors (Lipinski definition) is 9. The third-order valence-corrected chi connectivity index (χ3v) is 2.96. The summed E-state index contributed by atoms with van der Waals surface area (Å²) < 4.78 is 6.67. The van der Waals surface area contributed by atoms with E-state index in [2.05, 4.69) is 14.7 Å². The molecule has 0 bridgehead atoms. The zero-order chi connectivity index (χ0) is 20.0. The van der Waals surface area contributed by atoms with E-state index < -0.39 is 27.7 Å². The fourth-order valence-electron chi connectivity index (χ4n) is 1.73. The molecule has 0 amide bonds. The van der Waals surface area contributed by atoms with Gasteiger partial charge in [0.2, 0.25) is 11.4 Å². The highest BCUT2D eigenvalue weighted by atomic mass is 16.6. The molecule has 2 aromatic heterocycles. The first-order valence-corrected chi connectivity index (χ1v) is 6.84. The first-order valence-electron chi connectivity index (χ1n) is 6.84. The number of nitrogens with zero attached hydrogens (tertiary/aromatic N) is 6. The number of carboxylic acid groups (broad SMARTS) is 1. The first-order chi connectivity index (χ1) is 12.1. The van der Waals surface area contributed by atoms with Gasteiger partial charge in [0.05, 0.1) is 20.7 Å². The van der Waals surface area contributed by atoms with Crippen molar-refractivity contribution in [3.63, 3.8) is 0 Å². The number of ether oxygens (including phenoxy) is 1. The number of carbonyl (C=O) groups excluding carboxylic acids is 1. The van der Waals surface area contributed by atoms with E-state index in [-0.39, 0.29) is 23.9 Å². The number of esters is 1.